The third kappa shape index (κ3) is 3.10. The molecule has 5 nitrogen and oxygen atoms in total. The van der Waals surface area contributed by atoms with E-state index in [1.807, 2.05) is 0 Å². The van der Waals surface area contributed by atoms with Gasteiger partial charge in [-0.05, 0) is 36.4 Å². The van der Waals surface area contributed by atoms with E-state index in [1.54, 1.807) is 53.6 Å². The second-order valence-electron chi connectivity index (χ2n) is 4.43. The molecule has 0 saturated carbocycles. The van der Waals surface area contributed by atoms with Crippen molar-refractivity contribution in [2.24, 2.45) is 0 Å². The number of amides is 1. The number of nitrogens with one attached hydrogen (secondary N) is 1. The number of benzene rings is 1. The van der Waals surface area contributed by atoms with Crippen molar-refractivity contribution >= 4 is 34.8 Å². The van der Waals surface area contributed by atoms with Gasteiger partial charge < -0.3 is 5.32 Å². The highest BCUT2D eigenvalue weighted by Crippen LogP contribution is 2.22. The number of rotatable bonds is 3. The smallest absolute Gasteiger partial charge is 0.257 e. The molecular formula is C15H10Cl2N4O. The number of pyridine rings is 1. The largest absolute Gasteiger partial charge is 0.321 e. The van der Waals surface area contributed by atoms with Gasteiger partial charge in [-0.3, -0.25) is 4.79 Å². The van der Waals surface area contributed by atoms with E-state index in [-0.39, 0.29) is 5.91 Å². The first-order valence-corrected chi connectivity index (χ1v) is 7.11. The van der Waals surface area contributed by atoms with Crippen LogP contribution in [-0.2, 0) is 0 Å². The fraction of sp³-hybridized carbons (Fsp3) is 0. The molecule has 7 heteroatoms. The molecule has 1 N–H and O–H groups in total. The Labute approximate surface area is 136 Å². The highest BCUT2D eigenvalue weighted by Gasteiger charge is 2.11. The lowest BCUT2D eigenvalue weighted by atomic mass is 10.2. The van der Waals surface area contributed by atoms with Crippen LogP contribution in [0.2, 0.25) is 10.0 Å². The van der Waals surface area contributed by atoms with E-state index in [1.165, 1.54) is 6.07 Å². The van der Waals surface area contributed by atoms with Crippen molar-refractivity contribution in [2.45, 2.75) is 0 Å². The van der Waals surface area contributed by atoms with E-state index in [9.17, 15) is 4.79 Å². The van der Waals surface area contributed by atoms with E-state index < -0.39 is 0 Å². The second kappa shape index (κ2) is 6.17. The summed E-state index contributed by atoms with van der Waals surface area (Å²) in [7, 11) is 0. The average Bonchev–Trinajstić information content (AvgIpc) is 3.02. The van der Waals surface area contributed by atoms with Crippen LogP contribution >= 0.6 is 23.2 Å². The minimum atomic E-state index is -0.324. The van der Waals surface area contributed by atoms with Crippen LogP contribution in [0.15, 0.2) is 55.0 Å². The summed E-state index contributed by atoms with van der Waals surface area (Å²) in [6.07, 6.45) is 5.01. The van der Waals surface area contributed by atoms with Crippen molar-refractivity contribution in [1.29, 1.82) is 0 Å². The molecule has 3 rings (SSSR count). The maximum Gasteiger partial charge on any atom is 0.257 e. The van der Waals surface area contributed by atoms with Crippen molar-refractivity contribution in [3.05, 3.63) is 70.6 Å². The molecule has 1 aromatic carbocycles. The molecular weight excluding hydrogens is 323 g/mol. The quantitative estimate of drug-likeness (QED) is 0.792. The van der Waals surface area contributed by atoms with Crippen LogP contribution in [-0.4, -0.2) is 20.7 Å². The Morgan fingerprint density at radius 1 is 1.18 bits per heavy atom. The Morgan fingerprint density at radius 3 is 2.68 bits per heavy atom. The zero-order valence-corrected chi connectivity index (χ0v) is 12.7. The molecule has 0 unspecified atom stereocenters. The number of carbonyl (C=O) groups excluding carboxylic acids is 1. The number of hydrogen-bond donors (Lipinski definition) is 1. The highest BCUT2D eigenvalue weighted by atomic mass is 35.5. The first-order chi connectivity index (χ1) is 10.6. The van der Waals surface area contributed by atoms with E-state index in [0.29, 0.717) is 27.1 Å². The molecule has 0 spiro atoms. The van der Waals surface area contributed by atoms with Gasteiger partial charge in [0.1, 0.15) is 0 Å². The number of anilines is 1. The molecule has 0 bridgehead atoms. The Balaban J connectivity index is 1.77. The molecule has 110 valence electrons. The predicted octanol–water partition coefficient (Wildman–Crippen LogP) is 3.83. The number of carbonyl (C=O) groups is 1. The SMILES string of the molecule is O=C(Nc1ccc(-n2cccn2)nc1)c1ccc(Cl)cc1Cl. The minimum Gasteiger partial charge on any atom is -0.321 e. The van der Waals surface area contributed by atoms with Gasteiger partial charge in [-0.15, -0.1) is 0 Å². The Bertz CT molecular complexity index is 801. The summed E-state index contributed by atoms with van der Waals surface area (Å²) in [6, 6.07) is 10.0. The van der Waals surface area contributed by atoms with Crippen molar-refractivity contribution in [3.8, 4) is 5.82 Å². The topological polar surface area (TPSA) is 59.8 Å². The Kier molecular flexibility index (Phi) is 4.09. The van der Waals surface area contributed by atoms with Crippen LogP contribution < -0.4 is 5.32 Å². The van der Waals surface area contributed by atoms with Gasteiger partial charge in [-0.2, -0.15) is 5.10 Å². The van der Waals surface area contributed by atoms with Gasteiger partial charge in [-0.1, -0.05) is 23.2 Å². The average molecular weight is 333 g/mol. The first-order valence-electron chi connectivity index (χ1n) is 6.36. The summed E-state index contributed by atoms with van der Waals surface area (Å²) in [5, 5.41) is 7.59. The lowest BCUT2D eigenvalue weighted by molar-refractivity contribution is 0.102. The van der Waals surface area contributed by atoms with Crippen LogP contribution in [0, 0.1) is 0 Å². The molecule has 0 radical (unpaired) electrons. The normalized spacial score (nSPS) is 10.5. The van der Waals surface area contributed by atoms with Gasteiger partial charge >= 0.3 is 0 Å². The van der Waals surface area contributed by atoms with Crippen LogP contribution in [0.1, 0.15) is 10.4 Å². The fourth-order valence-corrected chi connectivity index (χ4v) is 2.37. The summed E-state index contributed by atoms with van der Waals surface area (Å²) in [5.74, 6) is 0.336. The van der Waals surface area contributed by atoms with Gasteiger partial charge in [0.15, 0.2) is 5.82 Å². The first kappa shape index (κ1) is 14.6. The van der Waals surface area contributed by atoms with Crippen molar-refractivity contribution in [1.82, 2.24) is 14.8 Å². The number of aromatic nitrogens is 3. The molecule has 0 aliphatic heterocycles. The zero-order valence-electron chi connectivity index (χ0n) is 11.2. The summed E-state index contributed by atoms with van der Waals surface area (Å²) in [6.45, 7) is 0. The molecule has 2 aromatic heterocycles. The molecule has 1 amide bonds. The van der Waals surface area contributed by atoms with E-state index >= 15 is 0 Å². The molecule has 22 heavy (non-hydrogen) atoms. The Hall–Kier alpha value is -2.37. The molecule has 0 fully saturated rings. The van der Waals surface area contributed by atoms with Crippen LogP contribution in [0.25, 0.3) is 5.82 Å². The summed E-state index contributed by atoms with van der Waals surface area (Å²) >= 11 is 11.8. The molecule has 0 aliphatic carbocycles. The summed E-state index contributed by atoms with van der Waals surface area (Å²) in [5.41, 5.74) is 0.911. The van der Waals surface area contributed by atoms with Gasteiger partial charge in [0.2, 0.25) is 0 Å². The lowest BCUT2D eigenvalue weighted by Gasteiger charge is -2.07. The molecule has 2 heterocycles. The highest BCUT2D eigenvalue weighted by molar-refractivity contribution is 6.37. The van der Waals surface area contributed by atoms with Gasteiger partial charge in [0, 0.05) is 17.4 Å². The second-order valence-corrected chi connectivity index (χ2v) is 5.28. The zero-order chi connectivity index (χ0) is 15.5. The summed E-state index contributed by atoms with van der Waals surface area (Å²) in [4.78, 5) is 16.4. The minimum absolute atomic E-state index is 0.297. The van der Waals surface area contributed by atoms with Crippen LogP contribution in [0.4, 0.5) is 5.69 Å². The van der Waals surface area contributed by atoms with Gasteiger partial charge in [0.05, 0.1) is 22.5 Å². The molecule has 0 saturated heterocycles. The monoisotopic (exact) mass is 332 g/mol. The van der Waals surface area contributed by atoms with Crippen molar-refractivity contribution in [3.63, 3.8) is 0 Å². The summed E-state index contributed by atoms with van der Waals surface area (Å²) < 4.78 is 1.63. The maximum atomic E-state index is 12.2. The molecule has 0 aliphatic rings. The van der Waals surface area contributed by atoms with Crippen LogP contribution in [0.5, 0.6) is 0 Å². The van der Waals surface area contributed by atoms with E-state index in [0.717, 1.165) is 0 Å². The number of halogens is 2. The standard InChI is InChI=1S/C15H10Cl2N4O/c16-10-2-4-12(13(17)8-10)15(22)20-11-3-5-14(18-9-11)21-7-1-6-19-21/h1-9H,(H,20,22). The van der Waals surface area contributed by atoms with E-state index in [2.05, 4.69) is 15.4 Å². The number of nitrogens with zero attached hydrogens (tertiary/aromatic N) is 3. The van der Waals surface area contributed by atoms with Crippen molar-refractivity contribution in [2.75, 3.05) is 5.32 Å². The van der Waals surface area contributed by atoms with Gasteiger partial charge in [0.25, 0.3) is 5.91 Å². The van der Waals surface area contributed by atoms with Crippen LogP contribution in [0.3, 0.4) is 0 Å². The molecule has 0 atom stereocenters. The molecule has 3 aromatic rings. The maximum absolute atomic E-state index is 12.2. The Morgan fingerprint density at radius 2 is 2.05 bits per heavy atom. The fourth-order valence-electron chi connectivity index (χ4n) is 1.87. The predicted molar refractivity (Wildman–Crippen MR) is 85.8 cm³/mol. The van der Waals surface area contributed by atoms with E-state index in [4.69, 9.17) is 23.2 Å². The number of hydrogen-bond acceptors (Lipinski definition) is 3. The third-order valence-electron chi connectivity index (χ3n) is 2.92. The third-order valence-corrected chi connectivity index (χ3v) is 3.47. The van der Waals surface area contributed by atoms with Crippen molar-refractivity contribution < 1.29 is 4.79 Å². The van der Waals surface area contributed by atoms with Gasteiger partial charge in [-0.25, -0.2) is 9.67 Å². The lowest BCUT2D eigenvalue weighted by Crippen LogP contribution is -2.12.